The van der Waals surface area contributed by atoms with Crippen molar-refractivity contribution in [2.24, 2.45) is 5.73 Å². The highest BCUT2D eigenvalue weighted by Crippen LogP contribution is 2.26. The Kier molecular flexibility index (Phi) is 4.98. The largest absolute Gasteiger partial charge is 0.376 e. The predicted octanol–water partition coefficient (Wildman–Crippen LogP) is 1.49. The van der Waals surface area contributed by atoms with Crippen LogP contribution in [0, 0.1) is 0 Å². The number of nitrogens with two attached hydrogens (primary N) is 1. The van der Waals surface area contributed by atoms with E-state index in [1.54, 1.807) is 0 Å². The number of ether oxygens (including phenoxy) is 1. The molecule has 17 heavy (non-hydrogen) atoms. The van der Waals surface area contributed by atoms with E-state index in [1.165, 1.54) is 6.26 Å². The maximum Gasteiger partial charge on any atom is 0.150 e. The third-order valence-corrected chi connectivity index (χ3v) is 5.28. The summed E-state index contributed by atoms with van der Waals surface area (Å²) < 4.78 is 28.8. The molecule has 1 fully saturated rings. The molecule has 1 rings (SSSR count). The molecule has 4 nitrogen and oxygen atoms in total. The number of hydrogen-bond donors (Lipinski definition) is 1. The van der Waals surface area contributed by atoms with Crippen LogP contribution in [0.1, 0.15) is 46.0 Å². The standard InChI is InChI=1S/C12H25NO3S/c1-4-12(2,13)9-16-10-6-5-7-11(8-10)17(3,14)15/h10-11H,4-9,13H2,1-3H3. The van der Waals surface area contributed by atoms with E-state index in [2.05, 4.69) is 0 Å². The third kappa shape index (κ3) is 4.94. The molecule has 0 radical (unpaired) electrons. The predicted molar refractivity (Wildman–Crippen MR) is 69.7 cm³/mol. The fourth-order valence-electron chi connectivity index (χ4n) is 2.05. The van der Waals surface area contributed by atoms with E-state index in [0.29, 0.717) is 13.0 Å². The molecule has 102 valence electrons. The molecule has 5 heteroatoms. The maximum atomic E-state index is 11.5. The molecule has 0 bridgehead atoms. The van der Waals surface area contributed by atoms with Crippen LogP contribution in [0.5, 0.6) is 0 Å². The Hall–Kier alpha value is -0.130. The lowest BCUT2D eigenvalue weighted by Gasteiger charge is -2.31. The summed E-state index contributed by atoms with van der Waals surface area (Å²) in [5, 5.41) is -0.230. The van der Waals surface area contributed by atoms with Gasteiger partial charge in [0.1, 0.15) is 9.84 Å². The highest BCUT2D eigenvalue weighted by atomic mass is 32.2. The van der Waals surface area contributed by atoms with Crippen LogP contribution < -0.4 is 5.73 Å². The van der Waals surface area contributed by atoms with Crippen LogP contribution in [-0.4, -0.2) is 38.2 Å². The van der Waals surface area contributed by atoms with Gasteiger partial charge in [-0.05, 0) is 39.0 Å². The number of sulfone groups is 1. The fourth-order valence-corrected chi connectivity index (χ4v) is 3.21. The Balaban J connectivity index is 2.46. The maximum absolute atomic E-state index is 11.5. The van der Waals surface area contributed by atoms with Crippen molar-refractivity contribution in [2.45, 2.75) is 62.8 Å². The summed E-state index contributed by atoms with van der Waals surface area (Å²) in [6, 6.07) is 0. The quantitative estimate of drug-likeness (QED) is 0.816. The zero-order valence-electron chi connectivity index (χ0n) is 11.1. The van der Waals surface area contributed by atoms with Gasteiger partial charge >= 0.3 is 0 Å². The van der Waals surface area contributed by atoms with E-state index in [0.717, 1.165) is 25.7 Å². The van der Waals surface area contributed by atoms with Crippen molar-refractivity contribution in [2.75, 3.05) is 12.9 Å². The molecule has 0 aromatic heterocycles. The summed E-state index contributed by atoms with van der Waals surface area (Å²) >= 11 is 0. The lowest BCUT2D eigenvalue weighted by atomic mass is 9.96. The van der Waals surface area contributed by atoms with Gasteiger partial charge in [0.25, 0.3) is 0 Å². The molecule has 1 aliphatic rings. The van der Waals surface area contributed by atoms with E-state index < -0.39 is 9.84 Å². The van der Waals surface area contributed by atoms with Gasteiger partial charge in [0.05, 0.1) is 18.0 Å². The second-order valence-electron chi connectivity index (χ2n) is 5.56. The molecule has 0 heterocycles. The van der Waals surface area contributed by atoms with Crippen molar-refractivity contribution in [3.63, 3.8) is 0 Å². The summed E-state index contributed by atoms with van der Waals surface area (Å²) in [5.74, 6) is 0. The van der Waals surface area contributed by atoms with Gasteiger partial charge in [-0.3, -0.25) is 0 Å². The number of hydrogen-bond acceptors (Lipinski definition) is 4. The zero-order chi connectivity index (χ0) is 13.1. The van der Waals surface area contributed by atoms with E-state index >= 15 is 0 Å². The second-order valence-corrected chi connectivity index (χ2v) is 7.88. The van der Waals surface area contributed by atoms with Crippen LogP contribution in [0.3, 0.4) is 0 Å². The Morgan fingerprint density at radius 3 is 2.59 bits per heavy atom. The first-order valence-corrected chi connectivity index (χ1v) is 8.29. The molecule has 3 unspecified atom stereocenters. The Bertz CT molecular complexity index is 338. The van der Waals surface area contributed by atoms with Crippen LogP contribution in [0.2, 0.25) is 0 Å². The highest BCUT2D eigenvalue weighted by Gasteiger charge is 2.30. The minimum absolute atomic E-state index is 0.0536. The molecule has 0 amide bonds. The van der Waals surface area contributed by atoms with Crippen molar-refractivity contribution in [1.82, 2.24) is 0 Å². The summed E-state index contributed by atoms with van der Waals surface area (Å²) in [5.41, 5.74) is 5.70. The Morgan fingerprint density at radius 1 is 1.41 bits per heavy atom. The topological polar surface area (TPSA) is 69.4 Å². The lowest BCUT2D eigenvalue weighted by Crippen LogP contribution is -2.43. The number of rotatable bonds is 5. The van der Waals surface area contributed by atoms with Crippen molar-refractivity contribution < 1.29 is 13.2 Å². The fraction of sp³-hybridized carbons (Fsp3) is 1.00. The molecular formula is C12H25NO3S. The average Bonchev–Trinajstić information content (AvgIpc) is 2.26. The first-order chi connectivity index (χ1) is 7.74. The van der Waals surface area contributed by atoms with Crippen LogP contribution >= 0.6 is 0 Å². The minimum Gasteiger partial charge on any atom is -0.376 e. The molecule has 3 atom stereocenters. The van der Waals surface area contributed by atoms with Crippen molar-refractivity contribution in [1.29, 1.82) is 0 Å². The summed E-state index contributed by atoms with van der Waals surface area (Å²) in [4.78, 5) is 0. The molecule has 0 aromatic rings. The normalized spacial score (nSPS) is 29.9. The van der Waals surface area contributed by atoms with E-state index in [1.807, 2.05) is 13.8 Å². The second kappa shape index (κ2) is 5.67. The van der Waals surface area contributed by atoms with Gasteiger partial charge in [-0.2, -0.15) is 0 Å². The molecule has 1 aliphatic carbocycles. The van der Waals surface area contributed by atoms with Gasteiger partial charge in [0.15, 0.2) is 0 Å². The van der Waals surface area contributed by atoms with Crippen LogP contribution in [0.25, 0.3) is 0 Å². The third-order valence-electron chi connectivity index (χ3n) is 3.64. The van der Waals surface area contributed by atoms with Crippen molar-refractivity contribution in [3.8, 4) is 0 Å². The smallest absolute Gasteiger partial charge is 0.150 e. The van der Waals surface area contributed by atoms with Gasteiger partial charge in [-0.25, -0.2) is 8.42 Å². The SMILES string of the molecule is CCC(C)(N)COC1CCCC(S(C)(=O)=O)C1. The average molecular weight is 263 g/mol. The lowest BCUT2D eigenvalue weighted by molar-refractivity contribution is 0.00344. The van der Waals surface area contributed by atoms with Gasteiger partial charge in [-0.15, -0.1) is 0 Å². The minimum atomic E-state index is -2.93. The van der Waals surface area contributed by atoms with E-state index in [9.17, 15) is 8.42 Å². The van der Waals surface area contributed by atoms with Crippen LogP contribution in [-0.2, 0) is 14.6 Å². The molecule has 0 aromatic carbocycles. The summed E-state index contributed by atoms with van der Waals surface area (Å²) in [6.45, 7) is 4.50. The van der Waals surface area contributed by atoms with Gasteiger partial charge in [0.2, 0.25) is 0 Å². The van der Waals surface area contributed by atoms with Gasteiger partial charge in [-0.1, -0.05) is 6.92 Å². The summed E-state index contributed by atoms with van der Waals surface area (Å²) in [6.07, 6.45) is 5.50. The molecule has 2 N–H and O–H groups in total. The summed E-state index contributed by atoms with van der Waals surface area (Å²) in [7, 11) is -2.93. The van der Waals surface area contributed by atoms with Crippen LogP contribution in [0.4, 0.5) is 0 Å². The molecule has 0 aliphatic heterocycles. The molecule has 1 saturated carbocycles. The van der Waals surface area contributed by atoms with Gasteiger partial charge < -0.3 is 10.5 Å². The first kappa shape index (κ1) is 14.9. The Labute approximate surface area is 105 Å². The molecule has 0 saturated heterocycles. The van der Waals surface area contributed by atoms with Crippen molar-refractivity contribution >= 4 is 9.84 Å². The first-order valence-electron chi connectivity index (χ1n) is 6.34. The van der Waals surface area contributed by atoms with E-state index in [-0.39, 0.29) is 16.9 Å². The van der Waals surface area contributed by atoms with Gasteiger partial charge in [0, 0.05) is 11.8 Å². The molecular weight excluding hydrogens is 238 g/mol. The Morgan fingerprint density at radius 2 is 2.06 bits per heavy atom. The van der Waals surface area contributed by atoms with Crippen molar-refractivity contribution in [3.05, 3.63) is 0 Å². The molecule has 0 spiro atoms. The van der Waals surface area contributed by atoms with E-state index in [4.69, 9.17) is 10.5 Å². The van der Waals surface area contributed by atoms with Crippen LogP contribution in [0.15, 0.2) is 0 Å². The highest BCUT2D eigenvalue weighted by molar-refractivity contribution is 7.91. The zero-order valence-corrected chi connectivity index (χ0v) is 11.9. The monoisotopic (exact) mass is 263 g/mol.